The van der Waals surface area contributed by atoms with Crippen LogP contribution in [0.25, 0.3) is 60.1 Å². The van der Waals surface area contributed by atoms with E-state index >= 15 is 0 Å². The number of hydrogen-bond donors (Lipinski definition) is 0. The fourth-order valence-corrected chi connectivity index (χ4v) is 5.02. The highest BCUT2D eigenvalue weighted by molar-refractivity contribution is 6.23. The Kier molecular flexibility index (Phi) is 3.15. The SMILES string of the molecule is O=c1c2c3ccccc3c(-c3ccccc3)nc2c2cccc3c4ccccc4n1c32. The number of para-hydroxylation sites is 2. The monoisotopic (exact) mass is 396 g/mol. The van der Waals surface area contributed by atoms with Crippen molar-refractivity contribution in [3.8, 4) is 11.3 Å². The molecule has 0 unspecified atom stereocenters. The van der Waals surface area contributed by atoms with E-state index in [0.29, 0.717) is 5.39 Å². The van der Waals surface area contributed by atoms with E-state index in [-0.39, 0.29) is 5.56 Å². The summed E-state index contributed by atoms with van der Waals surface area (Å²) >= 11 is 0. The maximum atomic E-state index is 14.0. The third-order valence-corrected chi connectivity index (χ3v) is 6.33. The molecule has 3 heteroatoms. The molecule has 3 nitrogen and oxygen atoms in total. The van der Waals surface area contributed by atoms with E-state index in [0.717, 1.165) is 54.7 Å². The van der Waals surface area contributed by atoms with E-state index in [2.05, 4.69) is 42.5 Å². The van der Waals surface area contributed by atoms with Crippen molar-refractivity contribution in [3.05, 3.63) is 107 Å². The van der Waals surface area contributed by atoms with Crippen molar-refractivity contribution in [2.45, 2.75) is 0 Å². The zero-order chi connectivity index (χ0) is 20.5. The minimum absolute atomic E-state index is 0.0109. The van der Waals surface area contributed by atoms with Gasteiger partial charge in [0.05, 0.1) is 27.6 Å². The van der Waals surface area contributed by atoms with E-state index in [1.54, 1.807) is 0 Å². The van der Waals surface area contributed by atoms with Gasteiger partial charge in [0.25, 0.3) is 5.56 Å². The first-order chi connectivity index (χ1) is 15.3. The number of fused-ring (bicyclic) bond motifs is 7. The third kappa shape index (κ3) is 2.07. The van der Waals surface area contributed by atoms with Crippen LogP contribution in [0.3, 0.4) is 0 Å². The molecular weight excluding hydrogens is 380 g/mol. The Balaban J connectivity index is 1.83. The van der Waals surface area contributed by atoms with Crippen molar-refractivity contribution in [3.63, 3.8) is 0 Å². The van der Waals surface area contributed by atoms with Gasteiger partial charge >= 0.3 is 0 Å². The van der Waals surface area contributed by atoms with Crippen LogP contribution < -0.4 is 5.56 Å². The topological polar surface area (TPSA) is 34.4 Å². The molecule has 0 bridgehead atoms. The lowest BCUT2D eigenvalue weighted by atomic mass is 9.99. The summed E-state index contributed by atoms with van der Waals surface area (Å²) in [5.41, 5.74) is 4.60. The summed E-state index contributed by atoms with van der Waals surface area (Å²) in [6, 6.07) is 32.7. The fraction of sp³-hybridized carbons (Fsp3) is 0. The molecule has 7 rings (SSSR count). The number of nitrogens with zero attached hydrogens (tertiary/aromatic N) is 2. The largest absolute Gasteiger partial charge is 0.275 e. The molecule has 144 valence electrons. The van der Waals surface area contributed by atoms with E-state index in [1.165, 1.54) is 0 Å². The lowest BCUT2D eigenvalue weighted by molar-refractivity contribution is 1.20. The summed E-state index contributed by atoms with van der Waals surface area (Å²) < 4.78 is 1.87. The smallest absolute Gasteiger partial charge is 0.265 e. The first kappa shape index (κ1) is 16.5. The Hall–Kier alpha value is -4.24. The average Bonchev–Trinajstić information content (AvgIpc) is 3.18. The number of pyridine rings is 2. The highest BCUT2D eigenvalue weighted by atomic mass is 16.1. The second kappa shape index (κ2) is 5.89. The van der Waals surface area contributed by atoms with Crippen molar-refractivity contribution < 1.29 is 0 Å². The summed E-state index contributed by atoms with van der Waals surface area (Å²) in [5, 5.41) is 5.80. The van der Waals surface area contributed by atoms with E-state index in [9.17, 15) is 4.79 Å². The molecule has 3 aromatic heterocycles. The Morgan fingerprint density at radius 1 is 0.581 bits per heavy atom. The van der Waals surface area contributed by atoms with Gasteiger partial charge < -0.3 is 0 Å². The molecule has 0 aliphatic heterocycles. The van der Waals surface area contributed by atoms with Crippen LogP contribution in [0.15, 0.2) is 102 Å². The van der Waals surface area contributed by atoms with Crippen molar-refractivity contribution >= 4 is 48.9 Å². The van der Waals surface area contributed by atoms with Crippen LogP contribution in [0, 0.1) is 0 Å². The zero-order valence-corrected chi connectivity index (χ0v) is 16.5. The predicted molar refractivity (Wildman–Crippen MR) is 128 cm³/mol. The van der Waals surface area contributed by atoms with Crippen molar-refractivity contribution in [1.82, 2.24) is 9.38 Å². The molecule has 0 aliphatic carbocycles. The predicted octanol–water partition coefficient (Wildman–Crippen LogP) is 6.41. The maximum absolute atomic E-state index is 14.0. The van der Waals surface area contributed by atoms with Gasteiger partial charge in [-0.2, -0.15) is 0 Å². The zero-order valence-electron chi connectivity index (χ0n) is 16.5. The Morgan fingerprint density at radius 3 is 2.06 bits per heavy atom. The Labute approximate surface area is 177 Å². The summed E-state index contributed by atoms with van der Waals surface area (Å²) in [5.74, 6) is 0. The Morgan fingerprint density at radius 2 is 1.23 bits per heavy atom. The maximum Gasteiger partial charge on any atom is 0.265 e. The molecular formula is C28H16N2O. The molecule has 0 aliphatic rings. The number of aromatic nitrogens is 2. The molecule has 0 saturated heterocycles. The van der Waals surface area contributed by atoms with Crippen molar-refractivity contribution in [1.29, 1.82) is 0 Å². The molecule has 0 spiro atoms. The molecule has 0 fully saturated rings. The molecule has 0 radical (unpaired) electrons. The standard InChI is InChI=1S/C28H16N2O/c31-28-24-19-12-4-5-13-20(19)25(17-9-2-1-3-10-17)29-26(24)22-15-8-14-21-18-11-6-7-16-23(18)30(28)27(21)22/h1-16H. The van der Waals surface area contributed by atoms with Crippen LogP contribution >= 0.6 is 0 Å². The van der Waals surface area contributed by atoms with Crippen LogP contribution in [0.4, 0.5) is 0 Å². The fourth-order valence-electron chi connectivity index (χ4n) is 5.02. The second-order valence-corrected chi connectivity index (χ2v) is 7.96. The number of hydrogen-bond acceptors (Lipinski definition) is 2. The number of rotatable bonds is 1. The molecule has 0 amide bonds. The van der Waals surface area contributed by atoms with Crippen LogP contribution in [-0.2, 0) is 0 Å². The van der Waals surface area contributed by atoms with Gasteiger partial charge in [0, 0.05) is 27.1 Å². The quantitative estimate of drug-likeness (QED) is 0.300. The summed E-state index contributed by atoms with van der Waals surface area (Å²) in [6.07, 6.45) is 0. The molecule has 4 aromatic carbocycles. The van der Waals surface area contributed by atoms with Crippen LogP contribution in [-0.4, -0.2) is 9.38 Å². The highest BCUT2D eigenvalue weighted by Crippen LogP contribution is 2.37. The molecule has 31 heavy (non-hydrogen) atoms. The van der Waals surface area contributed by atoms with Gasteiger partial charge in [-0.3, -0.25) is 9.20 Å². The van der Waals surface area contributed by atoms with Crippen molar-refractivity contribution in [2.24, 2.45) is 0 Å². The van der Waals surface area contributed by atoms with Gasteiger partial charge in [0.2, 0.25) is 0 Å². The summed E-state index contributed by atoms with van der Waals surface area (Å²) in [6.45, 7) is 0. The molecule has 0 saturated carbocycles. The first-order valence-electron chi connectivity index (χ1n) is 10.4. The van der Waals surface area contributed by atoms with Gasteiger partial charge in [-0.25, -0.2) is 4.98 Å². The van der Waals surface area contributed by atoms with Crippen LogP contribution in [0.1, 0.15) is 0 Å². The van der Waals surface area contributed by atoms with Gasteiger partial charge in [-0.1, -0.05) is 91.0 Å². The molecule has 3 heterocycles. The lowest BCUT2D eigenvalue weighted by Crippen LogP contribution is -2.14. The van der Waals surface area contributed by atoms with Crippen LogP contribution in [0.5, 0.6) is 0 Å². The van der Waals surface area contributed by atoms with Gasteiger partial charge in [-0.15, -0.1) is 0 Å². The minimum atomic E-state index is -0.0109. The van der Waals surface area contributed by atoms with E-state index in [1.807, 2.05) is 59.0 Å². The van der Waals surface area contributed by atoms with Crippen molar-refractivity contribution in [2.75, 3.05) is 0 Å². The van der Waals surface area contributed by atoms with E-state index < -0.39 is 0 Å². The number of benzene rings is 4. The van der Waals surface area contributed by atoms with Gasteiger partial charge in [-0.05, 0) is 11.5 Å². The van der Waals surface area contributed by atoms with E-state index in [4.69, 9.17) is 4.98 Å². The molecule has 0 atom stereocenters. The first-order valence-corrected chi connectivity index (χ1v) is 10.4. The minimum Gasteiger partial charge on any atom is -0.275 e. The normalized spacial score (nSPS) is 12.0. The molecule has 0 N–H and O–H groups in total. The lowest BCUT2D eigenvalue weighted by Gasteiger charge is -2.12. The average molecular weight is 396 g/mol. The summed E-state index contributed by atoms with van der Waals surface area (Å²) in [4.78, 5) is 19.1. The van der Waals surface area contributed by atoms with Gasteiger partial charge in [0.1, 0.15) is 0 Å². The Bertz CT molecular complexity index is 1850. The van der Waals surface area contributed by atoms with Gasteiger partial charge in [0.15, 0.2) is 0 Å². The summed E-state index contributed by atoms with van der Waals surface area (Å²) in [7, 11) is 0. The second-order valence-electron chi connectivity index (χ2n) is 7.96. The molecule has 7 aromatic rings. The third-order valence-electron chi connectivity index (χ3n) is 6.33. The highest BCUT2D eigenvalue weighted by Gasteiger charge is 2.20. The van der Waals surface area contributed by atoms with Crippen LogP contribution in [0.2, 0.25) is 0 Å².